The summed E-state index contributed by atoms with van der Waals surface area (Å²) >= 11 is 0. The monoisotopic (exact) mass is 297 g/mol. The van der Waals surface area contributed by atoms with Crippen LogP contribution >= 0.6 is 0 Å². The predicted octanol–water partition coefficient (Wildman–Crippen LogP) is 5.69. The van der Waals surface area contributed by atoms with Gasteiger partial charge in [-0.25, -0.2) is 0 Å². The predicted molar refractivity (Wildman–Crippen MR) is 95.4 cm³/mol. The zero-order valence-electron chi connectivity index (χ0n) is 14.4. The Hall–Kier alpha value is -1.96. The third kappa shape index (κ3) is 4.03. The van der Waals surface area contributed by atoms with Crippen molar-refractivity contribution in [2.75, 3.05) is 12.4 Å². The van der Waals surface area contributed by atoms with Gasteiger partial charge >= 0.3 is 0 Å². The van der Waals surface area contributed by atoms with E-state index in [0.717, 1.165) is 23.5 Å². The SMILES string of the molecule is CCCc1ccc(Nc2ccc(OC)c(C(C)(C)C)c2)cc1. The van der Waals surface area contributed by atoms with Gasteiger partial charge in [-0.05, 0) is 47.7 Å². The van der Waals surface area contributed by atoms with Gasteiger partial charge in [0.05, 0.1) is 7.11 Å². The number of benzene rings is 2. The first kappa shape index (κ1) is 16.4. The average molecular weight is 297 g/mol. The van der Waals surface area contributed by atoms with Crippen molar-refractivity contribution in [3.8, 4) is 5.75 Å². The molecule has 1 N–H and O–H groups in total. The second-order valence-corrected chi connectivity index (χ2v) is 6.74. The molecule has 0 heterocycles. The maximum absolute atomic E-state index is 5.49. The second kappa shape index (κ2) is 6.87. The molecular formula is C20H27NO. The van der Waals surface area contributed by atoms with Gasteiger partial charge in [0.15, 0.2) is 0 Å². The van der Waals surface area contributed by atoms with Crippen LogP contribution in [0.1, 0.15) is 45.2 Å². The summed E-state index contributed by atoms with van der Waals surface area (Å²) in [5.74, 6) is 0.941. The third-order valence-electron chi connectivity index (χ3n) is 3.79. The van der Waals surface area contributed by atoms with E-state index in [2.05, 4.69) is 69.4 Å². The molecule has 0 bridgehead atoms. The number of anilines is 2. The molecule has 0 atom stereocenters. The largest absolute Gasteiger partial charge is 0.496 e. The highest BCUT2D eigenvalue weighted by atomic mass is 16.5. The van der Waals surface area contributed by atoms with E-state index >= 15 is 0 Å². The molecule has 22 heavy (non-hydrogen) atoms. The minimum absolute atomic E-state index is 0.0496. The molecule has 0 aromatic heterocycles. The zero-order valence-corrected chi connectivity index (χ0v) is 14.4. The summed E-state index contributed by atoms with van der Waals surface area (Å²) in [6.07, 6.45) is 2.32. The van der Waals surface area contributed by atoms with Gasteiger partial charge in [-0.2, -0.15) is 0 Å². The molecule has 0 amide bonds. The van der Waals surface area contributed by atoms with Crippen molar-refractivity contribution in [1.82, 2.24) is 0 Å². The smallest absolute Gasteiger partial charge is 0.122 e. The fourth-order valence-electron chi connectivity index (χ4n) is 2.58. The summed E-state index contributed by atoms with van der Waals surface area (Å²) < 4.78 is 5.49. The lowest BCUT2D eigenvalue weighted by Crippen LogP contribution is -2.13. The van der Waals surface area contributed by atoms with Crippen LogP contribution in [-0.2, 0) is 11.8 Å². The van der Waals surface area contributed by atoms with E-state index in [1.165, 1.54) is 17.5 Å². The average Bonchev–Trinajstić information content (AvgIpc) is 2.48. The van der Waals surface area contributed by atoms with E-state index in [-0.39, 0.29) is 5.41 Å². The number of methoxy groups -OCH3 is 1. The molecule has 0 saturated carbocycles. The van der Waals surface area contributed by atoms with Crippen LogP contribution in [0, 0.1) is 0 Å². The highest BCUT2D eigenvalue weighted by Crippen LogP contribution is 2.34. The van der Waals surface area contributed by atoms with Crippen LogP contribution in [0.15, 0.2) is 42.5 Å². The van der Waals surface area contributed by atoms with Crippen molar-refractivity contribution < 1.29 is 4.74 Å². The maximum atomic E-state index is 5.49. The lowest BCUT2D eigenvalue weighted by Gasteiger charge is -2.23. The maximum Gasteiger partial charge on any atom is 0.122 e. The quantitative estimate of drug-likeness (QED) is 0.765. The normalized spacial score (nSPS) is 11.3. The topological polar surface area (TPSA) is 21.3 Å². The van der Waals surface area contributed by atoms with Crippen molar-refractivity contribution in [3.05, 3.63) is 53.6 Å². The van der Waals surface area contributed by atoms with Crippen molar-refractivity contribution in [1.29, 1.82) is 0 Å². The highest BCUT2D eigenvalue weighted by Gasteiger charge is 2.19. The van der Waals surface area contributed by atoms with E-state index in [4.69, 9.17) is 4.74 Å². The van der Waals surface area contributed by atoms with Crippen LogP contribution in [0.2, 0.25) is 0 Å². The van der Waals surface area contributed by atoms with Crippen molar-refractivity contribution >= 4 is 11.4 Å². The van der Waals surface area contributed by atoms with Crippen LogP contribution < -0.4 is 10.1 Å². The number of nitrogens with one attached hydrogen (secondary N) is 1. The van der Waals surface area contributed by atoms with Gasteiger partial charge in [-0.1, -0.05) is 46.2 Å². The third-order valence-corrected chi connectivity index (χ3v) is 3.79. The molecule has 0 fully saturated rings. The van der Waals surface area contributed by atoms with Crippen molar-refractivity contribution in [2.24, 2.45) is 0 Å². The molecule has 0 radical (unpaired) electrons. The first-order valence-corrected chi connectivity index (χ1v) is 7.98. The fourth-order valence-corrected chi connectivity index (χ4v) is 2.58. The van der Waals surface area contributed by atoms with Crippen LogP contribution in [0.3, 0.4) is 0 Å². The van der Waals surface area contributed by atoms with Crippen LogP contribution in [-0.4, -0.2) is 7.11 Å². The first-order chi connectivity index (χ1) is 10.4. The molecule has 0 spiro atoms. The van der Waals surface area contributed by atoms with Crippen LogP contribution in [0.4, 0.5) is 11.4 Å². The van der Waals surface area contributed by atoms with Gasteiger partial charge < -0.3 is 10.1 Å². The van der Waals surface area contributed by atoms with Gasteiger partial charge in [0.1, 0.15) is 5.75 Å². The number of rotatable bonds is 5. The minimum Gasteiger partial charge on any atom is -0.496 e. The number of hydrogen-bond acceptors (Lipinski definition) is 2. The molecule has 2 nitrogen and oxygen atoms in total. The Bertz CT molecular complexity index is 609. The summed E-state index contributed by atoms with van der Waals surface area (Å²) in [7, 11) is 1.73. The summed E-state index contributed by atoms with van der Waals surface area (Å²) in [6.45, 7) is 8.81. The van der Waals surface area contributed by atoms with Gasteiger partial charge in [0.25, 0.3) is 0 Å². The summed E-state index contributed by atoms with van der Waals surface area (Å²) in [5.41, 5.74) is 4.85. The molecule has 2 aromatic rings. The van der Waals surface area contributed by atoms with E-state index in [0.29, 0.717) is 0 Å². The second-order valence-electron chi connectivity index (χ2n) is 6.74. The lowest BCUT2D eigenvalue weighted by molar-refractivity contribution is 0.397. The van der Waals surface area contributed by atoms with Crippen molar-refractivity contribution in [2.45, 2.75) is 46.0 Å². The van der Waals surface area contributed by atoms with E-state index in [9.17, 15) is 0 Å². The molecule has 0 aliphatic rings. The van der Waals surface area contributed by atoms with E-state index in [1.807, 2.05) is 6.07 Å². The summed E-state index contributed by atoms with van der Waals surface area (Å²) in [4.78, 5) is 0. The van der Waals surface area contributed by atoms with Crippen molar-refractivity contribution in [3.63, 3.8) is 0 Å². The standard InChI is InChI=1S/C20H27NO/c1-6-7-15-8-10-16(11-9-15)21-17-12-13-19(22-5)18(14-17)20(2,3)4/h8-14,21H,6-7H2,1-5H3. The van der Waals surface area contributed by atoms with Gasteiger partial charge in [-0.3, -0.25) is 0 Å². The highest BCUT2D eigenvalue weighted by molar-refractivity contribution is 5.63. The molecule has 2 heteroatoms. The molecule has 0 unspecified atom stereocenters. The molecule has 2 rings (SSSR count). The Labute approximate surface area is 134 Å². The van der Waals surface area contributed by atoms with Crippen LogP contribution in [0.25, 0.3) is 0 Å². The molecule has 0 aliphatic heterocycles. The Morgan fingerprint density at radius 3 is 2.14 bits per heavy atom. The number of aryl methyl sites for hydroxylation is 1. The Balaban J connectivity index is 2.22. The number of hydrogen-bond donors (Lipinski definition) is 1. The summed E-state index contributed by atoms with van der Waals surface area (Å²) in [5, 5.41) is 3.48. The molecule has 118 valence electrons. The Morgan fingerprint density at radius 1 is 0.955 bits per heavy atom. The molecule has 2 aromatic carbocycles. The van der Waals surface area contributed by atoms with E-state index < -0.39 is 0 Å². The minimum atomic E-state index is 0.0496. The summed E-state index contributed by atoms with van der Waals surface area (Å²) in [6, 6.07) is 15.0. The molecule has 0 saturated heterocycles. The van der Waals surface area contributed by atoms with Gasteiger partial charge in [0.2, 0.25) is 0 Å². The van der Waals surface area contributed by atoms with Gasteiger partial charge in [-0.15, -0.1) is 0 Å². The number of ether oxygens (including phenoxy) is 1. The Morgan fingerprint density at radius 2 is 1.59 bits per heavy atom. The molecule has 0 aliphatic carbocycles. The van der Waals surface area contributed by atoms with E-state index in [1.54, 1.807) is 7.11 Å². The molecular weight excluding hydrogens is 270 g/mol. The first-order valence-electron chi connectivity index (χ1n) is 7.98. The zero-order chi connectivity index (χ0) is 16.2. The van der Waals surface area contributed by atoms with Crippen LogP contribution in [0.5, 0.6) is 5.75 Å². The van der Waals surface area contributed by atoms with Gasteiger partial charge in [0, 0.05) is 16.9 Å². The Kier molecular flexibility index (Phi) is 5.12. The fraction of sp³-hybridized carbons (Fsp3) is 0.400. The lowest BCUT2D eigenvalue weighted by atomic mass is 9.86.